The Hall–Kier alpha value is -2.25. The Balaban J connectivity index is 1.22. The summed E-state index contributed by atoms with van der Waals surface area (Å²) in [5.74, 6) is 0.274. The highest BCUT2D eigenvalue weighted by Gasteiger charge is 2.31. The number of hydrogen-bond donors (Lipinski definition) is 1. The Morgan fingerprint density at radius 1 is 1.20 bits per heavy atom. The number of aromatic nitrogens is 3. The van der Waals surface area contributed by atoms with Gasteiger partial charge < -0.3 is 5.32 Å². The molecule has 0 bridgehead atoms. The van der Waals surface area contributed by atoms with Crippen LogP contribution in [-0.2, 0) is 24.4 Å². The topological polar surface area (TPSA) is 66.3 Å². The summed E-state index contributed by atoms with van der Waals surface area (Å²) in [5, 5.41) is 7.48. The van der Waals surface area contributed by atoms with Gasteiger partial charge in [-0.3, -0.25) is 24.3 Å². The molecule has 2 aromatic heterocycles. The number of carbonyl (C=O) groups is 1. The molecule has 2 aromatic rings. The molecular weight excluding hydrogens is 376 g/mol. The summed E-state index contributed by atoms with van der Waals surface area (Å²) in [7, 11) is 0. The van der Waals surface area contributed by atoms with Crippen LogP contribution in [0.2, 0.25) is 0 Å². The van der Waals surface area contributed by atoms with Crippen molar-refractivity contribution < 1.29 is 4.79 Å². The first kappa shape index (κ1) is 21.0. The second-order valence-corrected chi connectivity index (χ2v) is 8.58. The molecule has 1 amide bonds. The summed E-state index contributed by atoms with van der Waals surface area (Å²) in [6, 6.07) is 6.41. The van der Waals surface area contributed by atoms with E-state index in [0.717, 1.165) is 57.8 Å². The van der Waals surface area contributed by atoms with E-state index in [1.165, 1.54) is 18.4 Å². The smallest absolute Gasteiger partial charge is 0.224 e. The van der Waals surface area contributed by atoms with Crippen molar-refractivity contribution in [2.45, 2.75) is 58.3 Å². The average Bonchev–Trinajstić information content (AvgIpc) is 3.26. The monoisotopic (exact) mass is 410 g/mol. The molecule has 0 aromatic carbocycles. The Morgan fingerprint density at radius 2 is 2.07 bits per heavy atom. The minimum absolute atomic E-state index is 0.0976. The van der Waals surface area contributed by atoms with E-state index in [1.54, 1.807) is 6.20 Å². The molecule has 0 saturated carbocycles. The molecule has 162 valence electrons. The third kappa shape index (κ3) is 5.46. The number of rotatable bonds is 7. The van der Waals surface area contributed by atoms with E-state index in [4.69, 9.17) is 0 Å². The molecule has 2 fully saturated rings. The maximum atomic E-state index is 12.7. The standard InChI is InChI=1S/C23H34N6O/c1-2-29-17-19(14-26-29)16-27-12-8-22(9-13-27)28-11-5-6-20(18-28)23(30)25-15-21-7-3-4-10-24-21/h3-4,7,10,14,17,20,22H,2,5-6,8-9,11-13,15-16,18H2,1H3,(H,25,30)/t20-/m0/s1. The van der Waals surface area contributed by atoms with Crippen molar-refractivity contribution in [2.75, 3.05) is 26.2 Å². The first-order valence-corrected chi connectivity index (χ1v) is 11.4. The van der Waals surface area contributed by atoms with Gasteiger partial charge in [-0.2, -0.15) is 5.10 Å². The largest absolute Gasteiger partial charge is 0.350 e. The Morgan fingerprint density at radius 3 is 2.80 bits per heavy atom. The van der Waals surface area contributed by atoms with Gasteiger partial charge >= 0.3 is 0 Å². The van der Waals surface area contributed by atoms with Crippen molar-refractivity contribution in [3.05, 3.63) is 48.0 Å². The van der Waals surface area contributed by atoms with E-state index < -0.39 is 0 Å². The minimum atomic E-state index is 0.0976. The van der Waals surface area contributed by atoms with Crippen molar-refractivity contribution in [2.24, 2.45) is 5.92 Å². The van der Waals surface area contributed by atoms with Crippen molar-refractivity contribution in [3.8, 4) is 0 Å². The van der Waals surface area contributed by atoms with Crippen molar-refractivity contribution in [1.29, 1.82) is 0 Å². The summed E-state index contributed by atoms with van der Waals surface area (Å²) in [6.45, 7) is 8.80. The highest BCUT2D eigenvalue weighted by atomic mass is 16.1. The van der Waals surface area contributed by atoms with Crippen molar-refractivity contribution >= 4 is 5.91 Å². The van der Waals surface area contributed by atoms with E-state index in [0.29, 0.717) is 12.6 Å². The van der Waals surface area contributed by atoms with Gasteiger partial charge in [0.1, 0.15) is 0 Å². The van der Waals surface area contributed by atoms with Crippen LogP contribution in [0.5, 0.6) is 0 Å². The number of nitrogens with zero attached hydrogens (tertiary/aromatic N) is 5. The molecule has 2 aliphatic heterocycles. The summed E-state index contributed by atoms with van der Waals surface area (Å²) in [4.78, 5) is 22.1. The lowest BCUT2D eigenvalue weighted by atomic mass is 9.93. The molecule has 4 heterocycles. The summed E-state index contributed by atoms with van der Waals surface area (Å²) in [6.07, 6.45) is 10.4. The van der Waals surface area contributed by atoms with Gasteiger partial charge in [0.05, 0.1) is 24.4 Å². The fraction of sp³-hybridized carbons (Fsp3) is 0.609. The number of likely N-dealkylation sites (tertiary alicyclic amines) is 2. The van der Waals surface area contributed by atoms with Gasteiger partial charge in [-0.15, -0.1) is 0 Å². The van der Waals surface area contributed by atoms with Gasteiger partial charge in [-0.1, -0.05) is 6.07 Å². The molecule has 0 spiro atoms. The van der Waals surface area contributed by atoms with E-state index >= 15 is 0 Å². The molecule has 1 atom stereocenters. The van der Waals surface area contributed by atoms with Crippen LogP contribution in [0, 0.1) is 5.92 Å². The molecule has 2 saturated heterocycles. The van der Waals surface area contributed by atoms with E-state index in [2.05, 4.69) is 38.3 Å². The van der Waals surface area contributed by atoms with Crippen LogP contribution in [0.3, 0.4) is 0 Å². The lowest BCUT2D eigenvalue weighted by molar-refractivity contribution is -0.127. The Kier molecular flexibility index (Phi) is 7.12. The number of hydrogen-bond acceptors (Lipinski definition) is 5. The predicted octanol–water partition coefficient (Wildman–Crippen LogP) is 2.29. The number of piperidine rings is 2. The van der Waals surface area contributed by atoms with Crippen LogP contribution in [0.4, 0.5) is 0 Å². The van der Waals surface area contributed by atoms with Gasteiger partial charge in [0.25, 0.3) is 0 Å². The number of aryl methyl sites for hydroxylation is 1. The Labute approximate surface area is 179 Å². The molecular formula is C23H34N6O. The van der Waals surface area contributed by atoms with Crippen LogP contribution in [0.1, 0.15) is 43.9 Å². The van der Waals surface area contributed by atoms with E-state index in [1.807, 2.05) is 29.1 Å². The van der Waals surface area contributed by atoms with E-state index in [-0.39, 0.29) is 11.8 Å². The van der Waals surface area contributed by atoms with Crippen LogP contribution in [0.15, 0.2) is 36.8 Å². The van der Waals surface area contributed by atoms with Crippen LogP contribution in [-0.4, -0.2) is 62.7 Å². The van der Waals surface area contributed by atoms with Crippen molar-refractivity contribution in [3.63, 3.8) is 0 Å². The summed E-state index contributed by atoms with van der Waals surface area (Å²) >= 11 is 0. The van der Waals surface area contributed by atoms with Crippen LogP contribution in [0.25, 0.3) is 0 Å². The second kappa shape index (κ2) is 10.2. The number of carbonyl (C=O) groups excluding carboxylic acids is 1. The Bertz CT molecular complexity index is 799. The highest BCUT2D eigenvalue weighted by molar-refractivity contribution is 5.78. The van der Waals surface area contributed by atoms with Gasteiger partial charge in [-0.25, -0.2) is 0 Å². The predicted molar refractivity (Wildman–Crippen MR) is 117 cm³/mol. The first-order valence-electron chi connectivity index (χ1n) is 11.4. The number of pyridine rings is 1. The maximum Gasteiger partial charge on any atom is 0.224 e. The van der Waals surface area contributed by atoms with Crippen LogP contribution >= 0.6 is 0 Å². The number of amides is 1. The fourth-order valence-corrected chi connectivity index (χ4v) is 4.74. The quantitative estimate of drug-likeness (QED) is 0.759. The third-order valence-electron chi connectivity index (χ3n) is 6.48. The molecule has 4 rings (SSSR count). The van der Waals surface area contributed by atoms with Gasteiger partial charge in [0.2, 0.25) is 5.91 Å². The van der Waals surface area contributed by atoms with Gasteiger partial charge in [0, 0.05) is 43.6 Å². The zero-order chi connectivity index (χ0) is 20.8. The third-order valence-corrected chi connectivity index (χ3v) is 6.48. The minimum Gasteiger partial charge on any atom is -0.350 e. The maximum absolute atomic E-state index is 12.7. The highest BCUT2D eigenvalue weighted by Crippen LogP contribution is 2.24. The average molecular weight is 411 g/mol. The molecule has 1 N–H and O–H groups in total. The lowest BCUT2D eigenvalue weighted by Crippen LogP contribution is -2.50. The molecule has 30 heavy (non-hydrogen) atoms. The zero-order valence-electron chi connectivity index (χ0n) is 18.0. The summed E-state index contributed by atoms with van der Waals surface area (Å²) < 4.78 is 1.99. The SMILES string of the molecule is CCn1cc(CN2CCC(N3CCC[C@H](C(=O)NCc4ccccn4)C3)CC2)cn1. The lowest BCUT2D eigenvalue weighted by Gasteiger charge is -2.42. The molecule has 0 radical (unpaired) electrons. The van der Waals surface area contributed by atoms with Crippen molar-refractivity contribution in [1.82, 2.24) is 29.9 Å². The normalized spacial score (nSPS) is 21.6. The second-order valence-electron chi connectivity index (χ2n) is 8.58. The fourth-order valence-electron chi connectivity index (χ4n) is 4.74. The molecule has 7 nitrogen and oxygen atoms in total. The molecule has 0 unspecified atom stereocenters. The van der Waals surface area contributed by atoms with Gasteiger partial charge in [-0.05, 0) is 64.4 Å². The van der Waals surface area contributed by atoms with E-state index in [9.17, 15) is 4.79 Å². The van der Waals surface area contributed by atoms with Gasteiger partial charge in [0.15, 0.2) is 0 Å². The summed E-state index contributed by atoms with van der Waals surface area (Å²) in [5.41, 5.74) is 2.22. The molecule has 2 aliphatic rings. The number of nitrogens with one attached hydrogen (secondary N) is 1. The first-order chi connectivity index (χ1) is 14.7. The van der Waals surface area contributed by atoms with Crippen LogP contribution < -0.4 is 5.32 Å². The zero-order valence-corrected chi connectivity index (χ0v) is 18.0. The molecule has 7 heteroatoms. The molecule has 0 aliphatic carbocycles.